The monoisotopic (exact) mass is 238 g/mol. The number of ether oxygens (including phenoxy) is 1. The van der Waals surface area contributed by atoms with Gasteiger partial charge in [-0.3, -0.25) is 0 Å². The number of esters is 2. The van der Waals surface area contributed by atoms with E-state index >= 15 is 0 Å². The minimum Gasteiger partial charge on any atom is -0.386 e. The lowest BCUT2D eigenvalue weighted by Gasteiger charge is -2.03. The average molecular weight is 239 g/mol. The van der Waals surface area contributed by atoms with Crippen molar-refractivity contribution in [1.29, 1.82) is 0 Å². The summed E-state index contributed by atoms with van der Waals surface area (Å²) in [5.74, 6) is -0.459. The van der Waals surface area contributed by atoms with Crippen molar-refractivity contribution in [3.8, 4) is 0 Å². The van der Waals surface area contributed by atoms with Gasteiger partial charge >= 0.3 is 11.9 Å². The van der Waals surface area contributed by atoms with E-state index in [0.717, 1.165) is 24.8 Å². The quantitative estimate of drug-likeness (QED) is 0.350. The molecule has 0 saturated carbocycles. The van der Waals surface area contributed by atoms with Gasteiger partial charge in [0.15, 0.2) is 0 Å². The third kappa shape index (κ3) is 1.95. The number of aryl methyl sites for hydroxylation is 1. The number of hydrogen-bond donors (Lipinski definition) is 0. The van der Waals surface area contributed by atoms with Crippen LogP contribution in [-0.4, -0.2) is 17.8 Å². The van der Waals surface area contributed by atoms with Crippen LogP contribution in [-0.2, 0) is 11.2 Å². The third-order valence-corrected chi connectivity index (χ3v) is 2.86. The number of carbonyl (C=O) groups is 2. The minimum absolute atomic E-state index is 0.383. The normalized spacial score (nSPS) is 13.8. The van der Waals surface area contributed by atoms with E-state index in [9.17, 15) is 9.59 Å². The molecule has 0 saturated heterocycles. The van der Waals surface area contributed by atoms with E-state index in [1.54, 1.807) is 12.1 Å². The van der Waals surface area contributed by atoms with E-state index in [4.69, 9.17) is 11.6 Å². The Morgan fingerprint density at radius 2 is 1.94 bits per heavy atom. The number of unbranched alkanes of at least 4 members (excludes halogenated alkanes) is 1. The summed E-state index contributed by atoms with van der Waals surface area (Å²) >= 11 is 5.59. The van der Waals surface area contributed by atoms with Crippen LogP contribution >= 0.6 is 11.6 Å². The second-order valence-electron chi connectivity index (χ2n) is 3.66. The van der Waals surface area contributed by atoms with Crippen molar-refractivity contribution in [3.05, 3.63) is 34.9 Å². The first-order valence-electron chi connectivity index (χ1n) is 5.18. The molecule has 0 bridgehead atoms. The molecule has 0 amide bonds. The molecule has 2 rings (SSSR count). The number of carbonyl (C=O) groups excluding carboxylic acids is 2. The summed E-state index contributed by atoms with van der Waals surface area (Å²) < 4.78 is 4.57. The predicted molar refractivity (Wildman–Crippen MR) is 59.8 cm³/mol. The van der Waals surface area contributed by atoms with Crippen molar-refractivity contribution in [2.75, 3.05) is 5.88 Å². The zero-order valence-electron chi connectivity index (χ0n) is 8.66. The molecule has 0 spiro atoms. The number of cyclic esters (lactones) is 2. The molecule has 1 heterocycles. The van der Waals surface area contributed by atoms with Crippen molar-refractivity contribution >= 4 is 23.5 Å². The van der Waals surface area contributed by atoms with Gasteiger partial charge in [0.1, 0.15) is 0 Å². The molecular weight excluding hydrogens is 228 g/mol. The fourth-order valence-corrected chi connectivity index (χ4v) is 2.01. The van der Waals surface area contributed by atoms with Gasteiger partial charge in [-0.15, -0.1) is 11.6 Å². The standard InChI is InChI=1S/C12H11ClO3/c13-7-2-1-4-8-5-3-6-9-10(8)12(15)16-11(9)14/h3,5-6H,1-2,4,7H2. The van der Waals surface area contributed by atoms with E-state index in [1.165, 1.54) is 0 Å². The van der Waals surface area contributed by atoms with Crippen LogP contribution in [0.2, 0.25) is 0 Å². The first-order valence-corrected chi connectivity index (χ1v) is 5.72. The van der Waals surface area contributed by atoms with Crippen molar-refractivity contribution in [1.82, 2.24) is 0 Å². The Labute approximate surface area is 98.4 Å². The molecule has 3 nitrogen and oxygen atoms in total. The molecule has 0 radical (unpaired) electrons. The van der Waals surface area contributed by atoms with Gasteiger partial charge in [0.25, 0.3) is 0 Å². The number of hydrogen-bond acceptors (Lipinski definition) is 3. The lowest BCUT2D eigenvalue weighted by Crippen LogP contribution is -2.00. The molecular formula is C12H11ClO3. The number of benzene rings is 1. The first-order chi connectivity index (χ1) is 7.74. The highest BCUT2D eigenvalue weighted by Crippen LogP contribution is 2.24. The third-order valence-electron chi connectivity index (χ3n) is 2.59. The summed E-state index contributed by atoms with van der Waals surface area (Å²) in [6.45, 7) is 0. The van der Waals surface area contributed by atoms with Crippen molar-refractivity contribution in [3.63, 3.8) is 0 Å². The van der Waals surface area contributed by atoms with Gasteiger partial charge in [0, 0.05) is 5.88 Å². The smallest absolute Gasteiger partial charge is 0.347 e. The molecule has 16 heavy (non-hydrogen) atoms. The van der Waals surface area contributed by atoms with Gasteiger partial charge in [-0.1, -0.05) is 12.1 Å². The van der Waals surface area contributed by atoms with E-state index in [0.29, 0.717) is 17.0 Å². The summed E-state index contributed by atoms with van der Waals surface area (Å²) in [7, 11) is 0. The van der Waals surface area contributed by atoms with Gasteiger partial charge in [0.05, 0.1) is 11.1 Å². The SMILES string of the molecule is O=C1OC(=O)c2c(CCCCCl)cccc21. The number of alkyl halides is 1. The Kier molecular flexibility index (Phi) is 3.25. The molecule has 4 heteroatoms. The van der Waals surface area contributed by atoms with E-state index in [2.05, 4.69) is 4.74 Å². The summed E-state index contributed by atoms with van der Waals surface area (Å²) in [5.41, 5.74) is 1.69. The molecule has 1 aromatic carbocycles. The van der Waals surface area contributed by atoms with Gasteiger partial charge in [-0.25, -0.2) is 9.59 Å². The van der Waals surface area contributed by atoms with Gasteiger partial charge in [-0.2, -0.15) is 0 Å². The zero-order valence-corrected chi connectivity index (χ0v) is 9.42. The first kappa shape index (κ1) is 11.1. The highest BCUT2D eigenvalue weighted by molar-refractivity contribution is 6.17. The maximum absolute atomic E-state index is 11.5. The Morgan fingerprint density at radius 3 is 2.69 bits per heavy atom. The van der Waals surface area contributed by atoms with Crippen LogP contribution in [0.1, 0.15) is 39.1 Å². The lowest BCUT2D eigenvalue weighted by molar-refractivity contribution is 0.0443. The highest BCUT2D eigenvalue weighted by atomic mass is 35.5. The Bertz CT molecular complexity index is 440. The Balaban J connectivity index is 2.27. The van der Waals surface area contributed by atoms with Crippen LogP contribution in [0.3, 0.4) is 0 Å². The molecule has 84 valence electrons. The summed E-state index contributed by atoms with van der Waals surface area (Å²) in [6, 6.07) is 5.25. The zero-order chi connectivity index (χ0) is 11.5. The van der Waals surface area contributed by atoms with E-state index in [1.807, 2.05) is 6.07 Å². The van der Waals surface area contributed by atoms with Crippen LogP contribution in [0.4, 0.5) is 0 Å². The summed E-state index contributed by atoms with van der Waals surface area (Å²) in [6.07, 6.45) is 2.55. The number of rotatable bonds is 4. The maximum Gasteiger partial charge on any atom is 0.347 e. The molecule has 0 N–H and O–H groups in total. The second kappa shape index (κ2) is 4.66. The molecule has 1 aliphatic heterocycles. The van der Waals surface area contributed by atoms with Crippen molar-refractivity contribution in [2.45, 2.75) is 19.3 Å². The van der Waals surface area contributed by atoms with E-state index < -0.39 is 11.9 Å². The molecule has 1 aliphatic rings. The molecule has 0 aromatic heterocycles. The second-order valence-corrected chi connectivity index (χ2v) is 4.04. The van der Waals surface area contributed by atoms with Crippen molar-refractivity contribution < 1.29 is 14.3 Å². The van der Waals surface area contributed by atoms with Crippen LogP contribution in [0.15, 0.2) is 18.2 Å². The fraction of sp³-hybridized carbons (Fsp3) is 0.333. The van der Waals surface area contributed by atoms with Crippen LogP contribution in [0.5, 0.6) is 0 Å². The van der Waals surface area contributed by atoms with Crippen molar-refractivity contribution in [2.24, 2.45) is 0 Å². The average Bonchev–Trinajstić information content (AvgIpc) is 2.56. The van der Waals surface area contributed by atoms with Crippen LogP contribution in [0.25, 0.3) is 0 Å². The summed E-state index contributed by atoms with van der Waals surface area (Å²) in [4.78, 5) is 22.8. The van der Waals surface area contributed by atoms with E-state index in [-0.39, 0.29) is 0 Å². The topological polar surface area (TPSA) is 43.4 Å². The molecule has 0 aliphatic carbocycles. The fourth-order valence-electron chi connectivity index (χ4n) is 1.82. The minimum atomic E-state index is -0.542. The van der Waals surface area contributed by atoms with Crippen LogP contribution in [0, 0.1) is 0 Å². The van der Waals surface area contributed by atoms with Crippen LogP contribution < -0.4 is 0 Å². The molecule has 0 atom stereocenters. The largest absolute Gasteiger partial charge is 0.386 e. The number of fused-ring (bicyclic) bond motifs is 1. The van der Waals surface area contributed by atoms with Gasteiger partial charge in [-0.05, 0) is 30.9 Å². The maximum atomic E-state index is 11.5. The highest BCUT2D eigenvalue weighted by Gasteiger charge is 2.31. The summed E-state index contributed by atoms with van der Waals surface area (Å²) in [5, 5.41) is 0. The predicted octanol–water partition coefficient (Wildman–Crippen LogP) is 2.56. The molecule has 0 unspecified atom stereocenters. The molecule has 0 fully saturated rings. The van der Waals surface area contributed by atoms with Gasteiger partial charge < -0.3 is 4.74 Å². The lowest BCUT2D eigenvalue weighted by atomic mass is 9.99. The van der Waals surface area contributed by atoms with Gasteiger partial charge in [0.2, 0.25) is 0 Å². The number of halogens is 1. The Morgan fingerprint density at radius 1 is 1.12 bits per heavy atom. The Hall–Kier alpha value is -1.35. The molecule has 1 aromatic rings.